The third kappa shape index (κ3) is 6.41. The van der Waals surface area contributed by atoms with Crippen molar-refractivity contribution in [3.8, 4) is 5.69 Å². The zero-order valence-corrected chi connectivity index (χ0v) is 21.3. The molecule has 1 atom stereocenters. The van der Waals surface area contributed by atoms with Crippen molar-refractivity contribution in [2.24, 2.45) is 12.0 Å². The Morgan fingerprint density at radius 2 is 1.88 bits per heavy atom. The molecular formula is C24H29IN8. The summed E-state index contributed by atoms with van der Waals surface area (Å²) < 4.78 is 3.83. The average Bonchev–Trinajstić information content (AvgIpc) is 3.47. The maximum absolute atomic E-state index is 4.80. The summed E-state index contributed by atoms with van der Waals surface area (Å²) in [5.74, 6) is 2.44. The molecule has 8 nitrogen and oxygen atoms in total. The molecule has 1 unspecified atom stereocenters. The molecular weight excluding hydrogens is 527 g/mol. The van der Waals surface area contributed by atoms with Gasteiger partial charge in [0, 0.05) is 19.4 Å². The lowest BCUT2D eigenvalue weighted by Crippen LogP contribution is -2.39. The van der Waals surface area contributed by atoms with Crippen molar-refractivity contribution >= 4 is 29.9 Å². The van der Waals surface area contributed by atoms with Gasteiger partial charge in [0.25, 0.3) is 0 Å². The van der Waals surface area contributed by atoms with Crippen molar-refractivity contribution in [3.63, 3.8) is 0 Å². The van der Waals surface area contributed by atoms with Crippen LogP contribution in [0.15, 0.2) is 78.0 Å². The van der Waals surface area contributed by atoms with Gasteiger partial charge < -0.3 is 15.2 Å². The second-order valence-corrected chi connectivity index (χ2v) is 7.64. The van der Waals surface area contributed by atoms with Gasteiger partial charge in [0.2, 0.25) is 0 Å². The van der Waals surface area contributed by atoms with Crippen LogP contribution in [0.3, 0.4) is 0 Å². The van der Waals surface area contributed by atoms with Crippen LogP contribution in [-0.4, -0.2) is 30.5 Å². The van der Waals surface area contributed by atoms with E-state index in [0.717, 1.165) is 28.5 Å². The molecule has 2 aromatic carbocycles. The van der Waals surface area contributed by atoms with Gasteiger partial charge in [-0.2, -0.15) is 5.10 Å². The Morgan fingerprint density at radius 3 is 2.58 bits per heavy atom. The second kappa shape index (κ2) is 11.6. The predicted octanol–water partition coefficient (Wildman–Crippen LogP) is 3.92. The van der Waals surface area contributed by atoms with Crippen molar-refractivity contribution in [2.75, 3.05) is 0 Å². The highest BCUT2D eigenvalue weighted by atomic mass is 127. The van der Waals surface area contributed by atoms with E-state index in [1.165, 1.54) is 0 Å². The van der Waals surface area contributed by atoms with E-state index in [4.69, 9.17) is 4.99 Å². The van der Waals surface area contributed by atoms with Gasteiger partial charge in [-0.05, 0) is 43.2 Å². The lowest BCUT2D eigenvalue weighted by molar-refractivity contribution is 0.663. The van der Waals surface area contributed by atoms with Gasteiger partial charge in [0.05, 0.1) is 24.8 Å². The minimum absolute atomic E-state index is 0. The van der Waals surface area contributed by atoms with Crippen LogP contribution >= 0.6 is 24.0 Å². The van der Waals surface area contributed by atoms with Crippen LogP contribution in [0.4, 0.5) is 0 Å². The van der Waals surface area contributed by atoms with Crippen molar-refractivity contribution in [1.82, 2.24) is 35.2 Å². The van der Waals surface area contributed by atoms with Crippen molar-refractivity contribution in [1.29, 1.82) is 0 Å². The van der Waals surface area contributed by atoms with Crippen LogP contribution in [0.5, 0.6) is 0 Å². The van der Waals surface area contributed by atoms with Crippen molar-refractivity contribution < 1.29 is 0 Å². The molecule has 2 heterocycles. The quantitative estimate of drug-likeness (QED) is 0.205. The number of aromatic nitrogens is 5. The fraction of sp³-hybridized carbons (Fsp3) is 0.250. The number of benzene rings is 2. The fourth-order valence-electron chi connectivity index (χ4n) is 3.32. The Hall–Kier alpha value is -3.21. The second-order valence-electron chi connectivity index (χ2n) is 7.64. The number of nitrogens with one attached hydrogen (secondary N) is 2. The monoisotopic (exact) mass is 556 g/mol. The van der Waals surface area contributed by atoms with Crippen molar-refractivity contribution in [2.45, 2.75) is 33.0 Å². The molecule has 2 N–H and O–H groups in total. The van der Waals surface area contributed by atoms with Gasteiger partial charge in [0.15, 0.2) is 11.8 Å². The molecule has 0 fully saturated rings. The van der Waals surface area contributed by atoms with Crippen molar-refractivity contribution in [3.05, 3.63) is 95.8 Å². The van der Waals surface area contributed by atoms with Gasteiger partial charge in [-0.1, -0.05) is 42.5 Å². The molecule has 33 heavy (non-hydrogen) atoms. The maximum Gasteiger partial charge on any atom is 0.192 e. The first-order valence-electron chi connectivity index (χ1n) is 10.6. The van der Waals surface area contributed by atoms with Gasteiger partial charge in [-0.3, -0.25) is 0 Å². The van der Waals surface area contributed by atoms with Crippen LogP contribution in [0.25, 0.3) is 5.69 Å². The third-order valence-electron chi connectivity index (χ3n) is 5.35. The van der Waals surface area contributed by atoms with E-state index in [1.807, 2.05) is 65.8 Å². The summed E-state index contributed by atoms with van der Waals surface area (Å²) in [6.07, 6.45) is 3.72. The SMILES string of the molecule is Cc1nnc(CNC(=NCc2ccccc2)NC(C)c2cccc(-n3cccn3)c2)n1C.I. The molecule has 4 rings (SSSR count). The minimum atomic E-state index is 0. The fourth-order valence-corrected chi connectivity index (χ4v) is 3.32. The molecule has 0 aliphatic carbocycles. The normalized spacial score (nSPS) is 12.2. The smallest absolute Gasteiger partial charge is 0.192 e. The highest BCUT2D eigenvalue weighted by Crippen LogP contribution is 2.16. The standard InChI is InChI=1S/C24H28N8.HI/c1-18(21-11-7-12-22(15-21)32-14-8-13-27-32)28-24(25-16-20-9-5-4-6-10-20)26-17-23-30-29-19(2)31(23)3;/h4-15,18H,16-17H2,1-3H3,(H2,25,26,28);1H. The number of guanidine groups is 1. The van der Waals surface area contributed by atoms with Crippen LogP contribution in [-0.2, 0) is 20.1 Å². The largest absolute Gasteiger partial charge is 0.350 e. The first kappa shape index (κ1) is 24.4. The highest BCUT2D eigenvalue weighted by molar-refractivity contribution is 14.0. The molecule has 0 saturated heterocycles. The lowest BCUT2D eigenvalue weighted by Gasteiger charge is -2.19. The number of nitrogens with zero attached hydrogens (tertiary/aromatic N) is 6. The van der Waals surface area contributed by atoms with E-state index in [2.05, 4.69) is 57.1 Å². The summed E-state index contributed by atoms with van der Waals surface area (Å²) >= 11 is 0. The Labute approximate surface area is 211 Å². The molecule has 2 aromatic heterocycles. The van der Waals surface area contributed by atoms with E-state index in [-0.39, 0.29) is 30.0 Å². The molecule has 0 saturated carbocycles. The van der Waals surface area contributed by atoms with E-state index in [9.17, 15) is 0 Å². The average molecular weight is 556 g/mol. The van der Waals surface area contributed by atoms with Gasteiger partial charge >= 0.3 is 0 Å². The minimum Gasteiger partial charge on any atom is -0.350 e. The molecule has 9 heteroatoms. The summed E-state index contributed by atoms with van der Waals surface area (Å²) in [4.78, 5) is 4.80. The first-order chi connectivity index (χ1) is 15.6. The Bertz CT molecular complexity index is 1170. The molecule has 0 amide bonds. The number of aryl methyl sites for hydroxylation is 1. The molecule has 0 spiro atoms. The maximum atomic E-state index is 4.80. The molecule has 0 aliphatic rings. The predicted molar refractivity (Wildman–Crippen MR) is 141 cm³/mol. The number of aliphatic imine (C=N–C) groups is 1. The number of halogens is 1. The summed E-state index contributed by atoms with van der Waals surface area (Å²) in [6, 6.07) is 20.5. The van der Waals surface area contributed by atoms with Crippen LogP contribution < -0.4 is 10.6 Å². The van der Waals surface area contributed by atoms with E-state index in [1.54, 1.807) is 6.20 Å². The number of rotatable bonds is 7. The van der Waals surface area contributed by atoms with E-state index in [0.29, 0.717) is 19.0 Å². The van der Waals surface area contributed by atoms with Gasteiger partial charge in [0.1, 0.15) is 5.82 Å². The van der Waals surface area contributed by atoms with Gasteiger partial charge in [-0.15, -0.1) is 34.2 Å². The zero-order chi connectivity index (χ0) is 22.3. The Kier molecular flexibility index (Phi) is 8.58. The molecule has 172 valence electrons. The van der Waals surface area contributed by atoms with E-state index < -0.39 is 0 Å². The third-order valence-corrected chi connectivity index (χ3v) is 5.35. The molecule has 0 aliphatic heterocycles. The number of hydrogen-bond donors (Lipinski definition) is 2. The summed E-state index contributed by atoms with van der Waals surface area (Å²) in [5.41, 5.74) is 3.31. The Balaban J connectivity index is 0.00000306. The lowest BCUT2D eigenvalue weighted by atomic mass is 10.1. The van der Waals surface area contributed by atoms with Crippen LogP contribution in [0.1, 0.15) is 35.7 Å². The Morgan fingerprint density at radius 1 is 1.06 bits per heavy atom. The number of hydrogen-bond acceptors (Lipinski definition) is 4. The molecule has 0 bridgehead atoms. The van der Waals surface area contributed by atoms with Gasteiger partial charge in [-0.25, -0.2) is 9.67 Å². The van der Waals surface area contributed by atoms with Crippen LogP contribution in [0, 0.1) is 6.92 Å². The highest BCUT2D eigenvalue weighted by Gasteiger charge is 2.11. The summed E-state index contributed by atoms with van der Waals surface area (Å²) in [5, 5.41) is 19.6. The molecule has 4 aromatic rings. The topological polar surface area (TPSA) is 84.9 Å². The summed E-state index contributed by atoms with van der Waals surface area (Å²) in [7, 11) is 1.96. The zero-order valence-electron chi connectivity index (χ0n) is 19.0. The summed E-state index contributed by atoms with van der Waals surface area (Å²) in [6.45, 7) is 5.16. The van der Waals surface area contributed by atoms with Crippen LogP contribution in [0.2, 0.25) is 0 Å². The molecule has 0 radical (unpaired) electrons. The first-order valence-corrected chi connectivity index (χ1v) is 10.6. The van der Waals surface area contributed by atoms with E-state index >= 15 is 0 Å².